The number of nitrogens with zero attached hydrogens (tertiary/aromatic N) is 2. The van der Waals surface area contributed by atoms with Crippen LogP contribution in [0.25, 0.3) is 28.2 Å². The fourth-order valence-corrected chi connectivity index (χ4v) is 4.54. The Balaban J connectivity index is 1.98. The second-order valence-corrected chi connectivity index (χ2v) is 9.42. The number of carbonyl (C=O) groups is 1. The zero-order chi connectivity index (χ0) is 22.6. The SMILES string of the molecule is CCOC(=O)C(C)(C)Sc1nc(-c2ccccc2)c(-c2ccccc2)n1-c1ccccc1. The van der Waals surface area contributed by atoms with Gasteiger partial charge in [0.15, 0.2) is 5.16 Å². The Labute approximate surface area is 193 Å². The van der Waals surface area contributed by atoms with Gasteiger partial charge in [0.05, 0.1) is 18.0 Å². The maximum absolute atomic E-state index is 12.7. The average Bonchev–Trinajstić information content (AvgIpc) is 3.19. The summed E-state index contributed by atoms with van der Waals surface area (Å²) in [6.07, 6.45) is 0. The fourth-order valence-electron chi connectivity index (χ4n) is 3.52. The van der Waals surface area contributed by atoms with Crippen molar-refractivity contribution < 1.29 is 9.53 Å². The van der Waals surface area contributed by atoms with Crippen molar-refractivity contribution in [1.29, 1.82) is 0 Å². The molecule has 4 rings (SSSR count). The first kappa shape index (κ1) is 21.9. The van der Waals surface area contributed by atoms with E-state index in [-0.39, 0.29) is 5.97 Å². The van der Waals surface area contributed by atoms with Gasteiger partial charge in [-0.2, -0.15) is 0 Å². The minimum atomic E-state index is -0.796. The lowest BCUT2D eigenvalue weighted by Gasteiger charge is -2.22. The number of para-hydroxylation sites is 1. The summed E-state index contributed by atoms with van der Waals surface area (Å²) >= 11 is 1.42. The largest absolute Gasteiger partial charge is 0.465 e. The molecular weight excluding hydrogens is 416 g/mol. The van der Waals surface area contributed by atoms with Gasteiger partial charge in [-0.15, -0.1) is 0 Å². The molecule has 4 aromatic rings. The summed E-state index contributed by atoms with van der Waals surface area (Å²) in [7, 11) is 0. The minimum Gasteiger partial charge on any atom is -0.465 e. The van der Waals surface area contributed by atoms with Gasteiger partial charge in [-0.3, -0.25) is 9.36 Å². The molecule has 3 aromatic carbocycles. The predicted octanol–water partition coefficient (Wildman–Crippen LogP) is 6.64. The summed E-state index contributed by atoms with van der Waals surface area (Å²) in [6.45, 7) is 5.93. The number of thioether (sulfide) groups is 1. The van der Waals surface area contributed by atoms with E-state index in [1.807, 2.05) is 75.4 Å². The van der Waals surface area contributed by atoms with E-state index in [9.17, 15) is 4.79 Å². The third kappa shape index (κ3) is 4.48. The van der Waals surface area contributed by atoms with Crippen LogP contribution in [0.15, 0.2) is 96.2 Å². The second kappa shape index (κ2) is 9.45. The summed E-state index contributed by atoms with van der Waals surface area (Å²) in [5.41, 5.74) is 4.94. The van der Waals surface area contributed by atoms with E-state index in [0.29, 0.717) is 6.61 Å². The number of benzene rings is 3. The smallest absolute Gasteiger partial charge is 0.322 e. The minimum absolute atomic E-state index is 0.255. The molecule has 5 heteroatoms. The van der Waals surface area contributed by atoms with Gasteiger partial charge in [-0.05, 0) is 32.9 Å². The summed E-state index contributed by atoms with van der Waals surface area (Å²) in [6, 6.07) is 30.5. The van der Waals surface area contributed by atoms with Gasteiger partial charge in [-0.1, -0.05) is 90.6 Å². The van der Waals surface area contributed by atoms with Crippen molar-refractivity contribution >= 4 is 17.7 Å². The van der Waals surface area contributed by atoms with Crippen LogP contribution in [0.3, 0.4) is 0 Å². The molecule has 0 radical (unpaired) electrons. The highest BCUT2D eigenvalue weighted by Crippen LogP contribution is 2.41. The van der Waals surface area contributed by atoms with E-state index in [1.165, 1.54) is 11.8 Å². The monoisotopic (exact) mass is 442 g/mol. The first-order valence-corrected chi connectivity index (χ1v) is 11.5. The number of carbonyl (C=O) groups excluding carboxylic acids is 1. The third-order valence-electron chi connectivity index (χ3n) is 5.07. The molecule has 162 valence electrons. The standard InChI is InChI=1S/C27H26N2O2S/c1-4-31-25(30)27(2,3)32-26-28-23(20-14-8-5-9-15-20)24(21-16-10-6-11-17-21)29(26)22-18-12-7-13-19-22/h5-19H,4H2,1-3H3. The molecule has 0 fully saturated rings. The molecule has 0 amide bonds. The van der Waals surface area contributed by atoms with Crippen LogP contribution < -0.4 is 0 Å². The van der Waals surface area contributed by atoms with Crippen molar-refractivity contribution in [2.24, 2.45) is 0 Å². The molecule has 1 aromatic heterocycles. The first-order chi connectivity index (χ1) is 15.5. The van der Waals surface area contributed by atoms with E-state index >= 15 is 0 Å². The van der Waals surface area contributed by atoms with Crippen LogP contribution in [0, 0.1) is 0 Å². The van der Waals surface area contributed by atoms with E-state index < -0.39 is 4.75 Å². The van der Waals surface area contributed by atoms with Crippen LogP contribution in [-0.4, -0.2) is 26.9 Å². The number of rotatable bonds is 7. The predicted molar refractivity (Wildman–Crippen MR) is 131 cm³/mol. The molecule has 32 heavy (non-hydrogen) atoms. The van der Waals surface area contributed by atoms with Crippen LogP contribution in [0.4, 0.5) is 0 Å². The Hall–Kier alpha value is -3.31. The molecular formula is C27H26N2O2S. The first-order valence-electron chi connectivity index (χ1n) is 10.7. The molecule has 0 N–H and O–H groups in total. The van der Waals surface area contributed by atoms with Crippen LogP contribution in [0.1, 0.15) is 20.8 Å². The lowest BCUT2D eigenvalue weighted by atomic mass is 10.0. The van der Waals surface area contributed by atoms with Gasteiger partial charge in [0.25, 0.3) is 0 Å². The molecule has 0 saturated carbocycles. The zero-order valence-corrected chi connectivity index (χ0v) is 19.3. The van der Waals surface area contributed by atoms with Crippen LogP contribution in [0.5, 0.6) is 0 Å². The van der Waals surface area contributed by atoms with Crippen molar-refractivity contribution in [2.75, 3.05) is 6.61 Å². The molecule has 0 atom stereocenters. The summed E-state index contributed by atoms with van der Waals surface area (Å²) in [5, 5.41) is 0.743. The number of esters is 1. The maximum Gasteiger partial charge on any atom is 0.322 e. The topological polar surface area (TPSA) is 44.1 Å². The lowest BCUT2D eigenvalue weighted by molar-refractivity contribution is -0.145. The molecule has 0 aliphatic heterocycles. The van der Waals surface area contributed by atoms with Gasteiger partial charge in [-0.25, -0.2) is 4.98 Å². The summed E-state index contributed by atoms with van der Waals surface area (Å²) < 4.78 is 6.68. The number of imidazole rings is 1. The number of hydrogen-bond donors (Lipinski definition) is 0. The van der Waals surface area contributed by atoms with Crippen molar-refractivity contribution in [3.8, 4) is 28.2 Å². The van der Waals surface area contributed by atoms with E-state index in [2.05, 4.69) is 41.0 Å². The van der Waals surface area contributed by atoms with Crippen LogP contribution in [-0.2, 0) is 9.53 Å². The number of aromatic nitrogens is 2. The van der Waals surface area contributed by atoms with Crippen molar-refractivity contribution in [3.05, 3.63) is 91.0 Å². The Morgan fingerprint density at radius 2 is 1.41 bits per heavy atom. The molecule has 1 heterocycles. The second-order valence-electron chi connectivity index (χ2n) is 7.83. The maximum atomic E-state index is 12.7. The van der Waals surface area contributed by atoms with Crippen molar-refractivity contribution in [1.82, 2.24) is 9.55 Å². The molecule has 0 unspecified atom stereocenters. The molecule has 0 spiro atoms. The van der Waals surface area contributed by atoms with Gasteiger partial charge >= 0.3 is 5.97 Å². The highest BCUT2D eigenvalue weighted by Gasteiger charge is 2.34. The van der Waals surface area contributed by atoms with Gasteiger partial charge < -0.3 is 4.74 Å². The highest BCUT2D eigenvalue weighted by molar-refractivity contribution is 8.01. The highest BCUT2D eigenvalue weighted by atomic mass is 32.2. The Bertz CT molecular complexity index is 1190. The van der Waals surface area contributed by atoms with Gasteiger partial charge in [0.1, 0.15) is 4.75 Å². The molecule has 0 aliphatic rings. The number of hydrogen-bond acceptors (Lipinski definition) is 4. The van der Waals surface area contributed by atoms with E-state index in [1.54, 1.807) is 0 Å². The Morgan fingerprint density at radius 3 is 1.97 bits per heavy atom. The molecule has 0 saturated heterocycles. The lowest BCUT2D eigenvalue weighted by Crippen LogP contribution is -2.30. The van der Waals surface area contributed by atoms with Crippen LogP contribution >= 0.6 is 11.8 Å². The zero-order valence-electron chi connectivity index (χ0n) is 18.5. The number of ether oxygens (including phenoxy) is 1. The van der Waals surface area contributed by atoms with Crippen LogP contribution in [0.2, 0.25) is 0 Å². The third-order valence-corrected chi connectivity index (χ3v) is 6.20. The fraction of sp³-hybridized carbons (Fsp3) is 0.185. The average molecular weight is 443 g/mol. The summed E-state index contributed by atoms with van der Waals surface area (Å²) in [4.78, 5) is 17.7. The van der Waals surface area contributed by atoms with E-state index in [0.717, 1.165) is 33.4 Å². The Kier molecular flexibility index (Phi) is 6.47. The molecule has 0 bridgehead atoms. The Morgan fingerprint density at radius 1 is 0.875 bits per heavy atom. The van der Waals surface area contributed by atoms with Crippen molar-refractivity contribution in [2.45, 2.75) is 30.7 Å². The quantitative estimate of drug-likeness (QED) is 0.238. The normalized spacial score (nSPS) is 11.3. The van der Waals surface area contributed by atoms with Gasteiger partial charge in [0.2, 0.25) is 0 Å². The van der Waals surface area contributed by atoms with E-state index in [4.69, 9.17) is 9.72 Å². The molecule has 4 nitrogen and oxygen atoms in total. The molecule has 0 aliphatic carbocycles. The van der Waals surface area contributed by atoms with Gasteiger partial charge in [0, 0.05) is 16.8 Å². The van der Waals surface area contributed by atoms with Crippen molar-refractivity contribution in [3.63, 3.8) is 0 Å². The summed E-state index contributed by atoms with van der Waals surface area (Å²) in [5.74, 6) is -0.255.